The SMILES string of the molecule is Cc1ccc2c(c1)[C@@H](O)CC1(CSCC1C)O2. The Balaban J connectivity index is 2.01. The fourth-order valence-corrected chi connectivity index (χ4v) is 4.39. The summed E-state index contributed by atoms with van der Waals surface area (Å²) in [6, 6.07) is 6.10. The van der Waals surface area contributed by atoms with Crippen molar-refractivity contribution in [1.29, 1.82) is 0 Å². The van der Waals surface area contributed by atoms with Crippen molar-refractivity contribution in [3.63, 3.8) is 0 Å². The Morgan fingerprint density at radius 2 is 2.29 bits per heavy atom. The number of aliphatic hydroxyl groups is 1. The second-order valence-electron chi connectivity index (χ2n) is 5.34. The van der Waals surface area contributed by atoms with Crippen LogP contribution < -0.4 is 4.74 Å². The van der Waals surface area contributed by atoms with Gasteiger partial charge >= 0.3 is 0 Å². The average Bonchev–Trinajstić information content (AvgIpc) is 2.62. The van der Waals surface area contributed by atoms with Crippen LogP contribution in [0.2, 0.25) is 0 Å². The van der Waals surface area contributed by atoms with Crippen molar-refractivity contribution in [3.8, 4) is 5.75 Å². The lowest BCUT2D eigenvalue weighted by molar-refractivity contribution is -0.0224. The molecule has 3 heteroatoms. The Morgan fingerprint density at radius 1 is 1.47 bits per heavy atom. The van der Waals surface area contributed by atoms with Gasteiger partial charge in [-0.15, -0.1) is 0 Å². The minimum atomic E-state index is -0.375. The Hall–Kier alpha value is -0.670. The predicted octanol–water partition coefficient (Wildman–Crippen LogP) is 2.93. The van der Waals surface area contributed by atoms with Crippen LogP contribution in [-0.2, 0) is 0 Å². The largest absolute Gasteiger partial charge is 0.486 e. The molecule has 1 spiro atoms. The van der Waals surface area contributed by atoms with Crippen LogP contribution in [0.3, 0.4) is 0 Å². The molecular formula is C14H18O2S. The van der Waals surface area contributed by atoms with Crippen LogP contribution in [-0.4, -0.2) is 22.2 Å². The Bertz CT molecular complexity index is 446. The first-order valence-electron chi connectivity index (χ1n) is 6.16. The van der Waals surface area contributed by atoms with Gasteiger partial charge in [-0.05, 0) is 24.8 Å². The summed E-state index contributed by atoms with van der Waals surface area (Å²) in [5.41, 5.74) is 1.99. The molecule has 17 heavy (non-hydrogen) atoms. The number of fused-ring (bicyclic) bond motifs is 1. The fraction of sp³-hybridized carbons (Fsp3) is 0.571. The van der Waals surface area contributed by atoms with Gasteiger partial charge in [0.05, 0.1) is 6.10 Å². The highest BCUT2D eigenvalue weighted by Gasteiger charge is 2.47. The molecule has 2 aliphatic rings. The lowest BCUT2D eigenvalue weighted by Gasteiger charge is -2.40. The molecule has 1 N–H and O–H groups in total. The third-order valence-corrected chi connectivity index (χ3v) is 5.42. The minimum absolute atomic E-state index is 0.146. The maximum Gasteiger partial charge on any atom is 0.126 e. The quantitative estimate of drug-likeness (QED) is 0.767. The van der Waals surface area contributed by atoms with E-state index in [9.17, 15) is 5.11 Å². The number of ether oxygens (including phenoxy) is 1. The summed E-state index contributed by atoms with van der Waals surface area (Å²) in [7, 11) is 0. The molecule has 1 aromatic carbocycles. The van der Waals surface area contributed by atoms with Gasteiger partial charge in [-0.1, -0.05) is 18.6 Å². The molecule has 1 saturated heterocycles. The Kier molecular flexibility index (Phi) is 2.64. The van der Waals surface area contributed by atoms with Gasteiger partial charge in [-0.2, -0.15) is 11.8 Å². The molecule has 0 amide bonds. The first-order valence-corrected chi connectivity index (χ1v) is 7.31. The minimum Gasteiger partial charge on any atom is -0.486 e. The number of hydrogen-bond acceptors (Lipinski definition) is 3. The van der Waals surface area contributed by atoms with Gasteiger partial charge in [0.2, 0.25) is 0 Å². The molecule has 0 aliphatic carbocycles. The van der Waals surface area contributed by atoms with Crippen LogP contribution in [0.15, 0.2) is 18.2 Å². The van der Waals surface area contributed by atoms with Crippen LogP contribution in [0.25, 0.3) is 0 Å². The molecule has 0 bridgehead atoms. The molecule has 0 radical (unpaired) electrons. The second kappa shape index (κ2) is 3.92. The molecular weight excluding hydrogens is 232 g/mol. The van der Waals surface area contributed by atoms with Gasteiger partial charge in [-0.25, -0.2) is 0 Å². The second-order valence-corrected chi connectivity index (χ2v) is 6.37. The molecule has 0 aromatic heterocycles. The molecule has 0 saturated carbocycles. The number of hydrogen-bond donors (Lipinski definition) is 1. The predicted molar refractivity (Wildman–Crippen MR) is 70.6 cm³/mol. The fourth-order valence-electron chi connectivity index (χ4n) is 2.81. The van der Waals surface area contributed by atoms with Gasteiger partial charge in [0.25, 0.3) is 0 Å². The normalized spacial score (nSPS) is 35.7. The molecule has 2 nitrogen and oxygen atoms in total. The molecule has 3 rings (SSSR count). The van der Waals surface area contributed by atoms with Crippen LogP contribution in [0.1, 0.15) is 30.6 Å². The number of aryl methyl sites for hydroxylation is 1. The van der Waals surface area contributed by atoms with Gasteiger partial charge in [0.15, 0.2) is 0 Å². The lowest BCUT2D eigenvalue weighted by atomic mass is 9.82. The highest BCUT2D eigenvalue weighted by Crippen LogP contribution is 2.48. The number of benzene rings is 1. The van der Waals surface area contributed by atoms with E-state index in [1.165, 1.54) is 5.56 Å². The summed E-state index contributed by atoms with van der Waals surface area (Å²) in [4.78, 5) is 0. The van der Waals surface area contributed by atoms with Gasteiger partial charge in [-0.3, -0.25) is 0 Å². The third kappa shape index (κ3) is 1.76. The lowest BCUT2D eigenvalue weighted by Crippen LogP contribution is -2.46. The van der Waals surface area contributed by atoms with Crippen molar-refractivity contribution >= 4 is 11.8 Å². The standard InChI is InChI=1S/C14H18O2S/c1-9-3-4-13-11(5-9)12(15)6-14(16-13)8-17-7-10(14)2/h3-5,10,12,15H,6-8H2,1-2H3/t10?,12-,14?/m0/s1. The van der Waals surface area contributed by atoms with E-state index in [1.807, 2.05) is 30.8 Å². The van der Waals surface area contributed by atoms with E-state index < -0.39 is 0 Å². The summed E-state index contributed by atoms with van der Waals surface area (Å²) >= 11 is 1.93. The number of rotatable bonds is 0. The zero-order valence-corrected chi connectivity index (χ0v) is 11.1. The smallest absolute Gasteiger partial charge is 0.126 e. The Morgan fingerprint density at radius 3 is 3.00 bits per heavy atom. The van der Waals surface area contributed by atoms with Crippen LogP contribution in [0.4, 0.5) is 0 Å². The van der Waals surface area contributed by atoms with E-state index in [0.717, 1.165) is 29.2 Å². The molecule has 1 fully saturated rings. The summed E-state index contributed by atoms with van der Waals surface area (Å²) < 4.78 is 6.24. The van der Waals surface area contributed by atoms with Crippen molar-refractivity contribution < 1.29 is 9.84 Å². The van der Waals surface area contributed by atoms with Crippen molar-refractivity contribution in [2.45, 2.75) is 32.0 Å². The molecule has 2 aliphatic heterocycles. The first kappa shape index (κ1) is 11.4. The molecule has 1 aromatic rings. The van der Waals surface area contributed by atoms with E-state index >= 15 is 0 Å². The van der Waals surface area contributed by atoms with Crippen molar-refractivity contribution in [2.24, 2.45) is 5.92 Å². The monoisotopic (exact) mass is 250 g/mol. The average molecular weight is 250 g/mol. The summed E-state index contributed by atoms with van der Waals surface area (Å²) in [5, 5.41) is 10.3. The Labute approximate surface area is 106 Å². The van der Waals surface area contributed by atoms with Gasteiger partial charge in [0.1, 0.15) is 11.4 Å². The van der Waals surface area contributed by atoms with Crippen molar-refractivity contribution in [2.75, 3.05) is 11.5 Å². The highest BCUT2D eigenvalue weighted by molar-refractivity contribution is 7.99. The third-order valence-electron chi connectivity index (χ3n) is 3.99. The molecule has 2 heterocycles. The van der Waals surface area contributed by atoms with Gasteiger partial charge in [0, 0.05) is 23.7 Å². The van der Waals surface area contributed by atoms with E-state index in [2.05, 4.69) is 13.0 Å². The van der Waals surface area contributed by atoms with Gasteiger partial charge < -0.3 is 9.84 Å². The maximum absolute atomic E-state index is 10.3. The highest BCUT2D eigenvalue weighted by atomic mass is 32.2. The zero-order valence-electron chi connectivity index (χ0n) is 10.3. The summed E-state index contributed by atoms with van der Waals surface area (Å²) in [6.07, 6.45) is 0.359. The van der Waals surface area contributed by atoms with Crippen LogP contribution >= 0.6 is 11.8 Å². The van der Waals surface area contributed by atoms with Crippen molar-refractivity contribution in [3.05, 3.63) is 29.3 Å². The van der Waals surface area contributed by atoms with Crippen LogP contribution in [0.5, 0.6) is 5.75 Å². The van der Waals surface area contributed by atoms with Crippen molar-refractivity contribution in [1.82, 2.24) is 0 Å². The topological polar surface area (TPSA) is 29.5 Å². The molecule has 92 valence electrons. The summed E-state index contributed by atoms with van der Waals surface area (Å²) in [5.74, 6) is 3.52. The zero-order chi connectivity index (χ0) is 12.0. The van der Waals surface area contributed by atoms with E-state index in [0.29, 0.717) is 5.92 Å². The molecule has 3 atom stereocenters. The van der Waals surface area contributed by atoms with E-state index in [1.54, 1.807) is 0 Å². The number of aliphatic hydroxyl groups excluding tert-OH is 1. The van der Waals surface area contributed by atoms with Crippen LogP contribution in [0, 0.1) is 12.8 Å². The molecule has 2 unspecified atom stereocenters. The van der Waals surface area contributed by atoms with E-state index in [-0.39, 0.29) is 11.7 Å². The summed E-state index contributed by atoms with van der Waals surface area (Å²) in [6.45, 7) is 4.28. The number of thioether (sulfide) groups is 1. The van der Waals surface area contributed by atoms with E-state index in [4.69, 9.17) is 4.74 Å². The first-order chi connectivity index (χ1) is 8.11. The maximum atomic E-state index is 10.3.